The van der Waals surface area contributed by atoms with Crippen LogP contribution in [0, 0.1) is 12.8 Å². The standard InChI is InChI=1S/C17H16ClN3O2S/c1-11-2-7-15(24-11)9-19-20-17(23)12-8-16(22)21(10-12)14-5-3-13(18)4-6-14/h2-7,9,12H,8,10H2,1H3,(H,20,23)/b19-9-/t12-/m1/s1. The summed E-state index contributed by atoms with van der Waals surface area (Å²) in [5.74, 6) is -0.727. The van der Waals surface area contributed by atoms with E-state index < -0.39 is 5.92 Å². The highest BCUT2D eigenvalue weighted by atomic mass is 35.5. The van der Waals surface area contributed by atoms with Gasteiger partial charge in [-0.3, -0.25) is 9.59 Å². The zero-order valence-electron chi connectivity index (χ0n) is 13.0. The van der Waals surface area contributed by atoms with Gasteiger partial charge in [-0.15, -0.1) is 11.3 Å². The van der Waals surface area contributed by atoms with Crippen LogP contribution >= 0.6 is 22.9 Å². The maximum Gasteiger partial charge on any atom is 0.245 e. The fourth-order valence-electron chi connectivity index (χ4n) is 2.53. The first-order valence-electron chi connectivity index (χ1n) is 7.48. The van der Waals surface area contributed by atoms with E-state index in [0.29, 0.717) is 11.6 Å². The molecule has 0 unspecified atom stereocenters. The number of aryl methyl sites for hydroxylation is 1. The Morgan fingerprint density at radius 2 is 2.08 bits per heavy atom. The monoisotopic (exact) mass is 361 g/mol. The summed E-state index contributed by atoms with van der Waals surface area (Å²) >= 11 is 7.46. The lowest BCUT2D eigenvalue weighted by Gasteiger charge is -2.16. The van der Waals surface area contributed by atoms with Crippen molar-refractivity contribution >= 4 is 46.7 Å². The number of halogens is 1. The molecule has 0 aliphatic carbocycles. The number of rotatable bonds is 4. The average molecular weight is 362 g/mol. The summed E-state index contributed by atoms with van der Waals surface area (Å²) in [5.41, 5.74) is 3.27. The minimum Gasteiger partial charge on any atom is -0.312 e. The summed E-state index contributed by atoms with van der Waals surface area (Å²) in [6.45, 7) is 2.36. The van der Waals surface area contributed by atoms with Crippen LogP contribution in [0.4, 0.5) is 5.69 Å². The molecule has 0 radical (unpaired) electrons. The molecule has 0 saturated carbocycles. The molecular weight excluding hydrogens is 346 g/mol. The maximum absolute atomic E-state index is 12.2. The van der Waals surface area contributed by atoms with E-state index >= 15 is 0 Å². The van der Waals surface area contributed by atoms with Crippen LogP contribution in [0.25, 0.3) is 0 Å². The average Bonchev–Trinajstić information content (AvgIpc) is 3.14. The van der Waals surface area contributed by atoms with Crippen LogP contribution in [-0.4, -0.2) is 24.6 Å². The van der Waals surface area contributed by atoms with E-state index in [1.807, 2.05) is 19.1 Å². The van der Waals surface area contributed by atoms with Crippen molar-refractivity contribution in [2.75, 3.05) is 11.4 Å². The number of thiophene rings is 1. The SMILES string of the molecule is Cc1ccc(/C=N\NC(=O)[C@@H]2CC(=O)N(c3ccc(Cl)cc3)C2)s1. The minimum atomic E-state index is -0.407. The number of anilines is 1. The van der Waals surface area contributed by atoms with E-state index in [2.05, 4.69) is 10.5 Å². The van der Waals surface area contributed by atoms with E-state index in [4.69, 9.17) is 11.6 Å². The molecular formula is C17H16ClN3O2S. The first kappa shape index (κ1) is 16.7. The number of hydrogen-bond acceptors (Lipinski definition) is 4. The third kappa shape index (κ3) is 3.83. The zero-order chi connectivity index (χ0) is 17.1. The van der Waals surface area contributed by atoms with Crippen molar-refractivity contribution in [3.05, 3.63) is 51.2 Å². The zero-order valence-corrected chi connectivity index (χ0v) is 14.6. The van der Waals surface area contributed by atoms with Gasteiger partial charge in [0.25, 0.3) is 0 Å². The van der Waals surface area contributed by atoms with Crippen LogP contribution in [0.3, 0.4) is 0 Å². The highest BCUT2D eigenvalue weighted by molar-refractivity contribution is 7.13. The minimum absolute atomic E-state index is 0.0738. The Kier molecular flexibility index (Phi) is 4.97. The second-order valence-corrected chi connectivity index (χ2v) is 7.32. The van der Waals surface area contributed by atoms with E-state index in [-0.39, 0.29) is 18.2 Å². The van der Waals surface area contributed by atoms with E-state index in [1.54, 1.807) is 46.7 Å². The molecule has 2 amide bonds. The largest absolute Gasteiger partial charge is 0.312 e. The third-order valence-corrected chi connectivity index (χ3v) is 4.95. The Morgan fingerprint density at radius 1 is 1.33 bits per heavy atom. The molecule has 1 aliphatic heterocycles. The summed E-state index contributed by atoms with van der Waals surface area (Å²) in [5, 5.41) is 4.58. The van der Waals surface area contributed by atoms with Gasteiger partial charge >= 0.3 is 0 Å². The highest BCUT2D eigenvalue weighted by Crippen LogP contribution is 2.26. The molecule has 3 rings (SSSR count). The summed E-state index contributed by atoms with van der Waals surface area (Å²) in [4.78, 5) is 28.1. The molecule has 7 heteroatoms. The van der Waals surface area contributed by atoms with Gasteiger partial charge in [-0.25, -0.2) is 5.43 Å². The quantitative estimate of drug-likeness (QED) is 0.671. The fraction of sp³-hybridized carbons (Fsp3) is 0.235. The van der Waals surface area contributed by atoms with Crippen molar-refractivity contribution in [3.63, 3.8) is 0 Å². The highest BCUT2D eigenvalue weighted by Gasteiger charge is 2.35. The molecule has 1 atom stereocenters. The van der Waals surface area contributed by atoms with Crippen LogP contribution in [-0.2, 0) is 9.59 Å². The number of nitrogens with zero attached hydrogens (tertiary/aromatic N) is 2. The van der Waals surface area contributed by atoms with Gasteiger partial charge in [-0.05, 0) is 43.3 Å². The number of carbonyl (C=O) groups is 2. The Bertz CT molecular complexity index is 785. The van der Waals surface area contributed by atoms with Gasteiger partial charge in [-0.2, -0.15) is 5.10 Å². The lowest BCUT2D eigenvalue weighted by molar-refractivity contribution is -0.126. The van der Waals surface area contributed by atoms with E-state index in [1.165, 1.54) is 4.88 Å². The van der Waals surface area contributed by atoms with Gasteiger partial charge in [0.1, 0.15) is 0 Å². The van der Waals surface area contributed by atoms with Gasteiger partial charge in [0.15, 0.2) is 0 Å². The second kappa shape index (κ2) is 7.15. The second-order valence-electron chi connectivity index (χ2n) is 5.56. The van der Waals surface area contributed by atoms with Crippen molar-refractivity contribution in [1.29, 1.82) is 0 Å². The van der Waals surface area contributed by atoms with Crippen molar-refractivity contribution in [1.82, 2.24) is 5.43 Å². The summed E-state index contributed by atoms with van der Waals surface area (Å²) in [7, 11) is 0. The van der Waals surface area contributed by atoms with Crippen molar-refractivity contribution in [3.8, 4) is 0 Å². The lowest BCUT2D eigenvalue weighted by atomic mass is 10.1. The van der Waals surface area contributed by atoms with E-state index in [0.717, 1.165) is 10.6 Å². The van der Waals surface area contributed by atoms with Gasteiger partial charge in [0.2, 0.25) is 11.8 Å². The van der Waals surface area contributed by atoms with Gasteiger partial charge in [0, 0.05) is 33.4 Å². The molecule has 24 heavy (non-hydrogen) atoms. The predicted molar refractivity (Wildman–Crippen MR) is 96.7 cm³/mol. The molecule has 1 aromatic heterocycles. The number of hydrazone groups is 1. The predicted octanol–water partition coefficient (Wildman–Crippen LogP) is 3.21. The molecule has 5 nitrogen and oxygen atoms in total. The maximum atomic E-state index is 12.2. The van der Waals surface area contributed by atoms with Crippen molar-refractivity contribution in [2.45, 2.75) is 13.3 Å². The molecule has 1 aromatic carbocycles. The topological polar surface area (TPSA) is 61.8 Å². The molecule has 124 valence electrons. The lowest BCUT2D eigenvalue weighted by Crippen LogP contribution is -2.30. The summed E-state index contributed by atoms with van der Waals surface area (Å²) < 4.78 is 0. The Morgan fingerprint density at radius 3 is 2.75 bits per heavy atom. The smallest absolute Gasteiger partial charge is 0.245 e. The first-order chi connectivity index (χ1) is 11.5. The molecule has 2 heterocycles. The third-order valence-electron chi connectivity index (χ3n) is 3.76. The molecule has 1 fully saturated rings. The van der Waals surface area contributed by atoms with Crippen LogP contribution in [0.2, 0.25) is 5.02 Å². The number of amides is 2. The summed E-state index contributed by atoms with van der Waals surface area (Å²) in [6, 6.07) is 10.9. The van der Waals surface area contributed by atoms with Crippen LogP contribution < -0.4 is 10.3 Å². The van der Waals surface area contributed by atoms with Gasteiger partial charge < -0.3 is 4.90 Å². The Labute approximate surface area is 148 Å². The van der Waals surface area contributed by atoms with Gasteiger partial charge in [-0.1, -0.05) is 11.6 Å². The number of hydrogen-bond donors (Lipinski definition) is 1. The number of nitrogens with one attached hydrogen (secondary N) is 1. The molecule has 1 N–H and O–H groups in total. The Balaban J connectivity index is 1.59. The molecule has 1 aliphatic rings. The van der Waals surface area contributed by atoms with Crippen molar-refractivity contribution in [2.24, 2.45) is 11.0 Å². The molecule has 1 saturated heterocycles. The van der Waals surface area contributed by atoms with Crippen LogP contribution in [0.1, 0.15) is 16.2 Å². The first-order valence-corrected chi connectivity index (χ1v) is 8.67. The molecule has 0 bridgehead atoms. The van der Waals surface area contributed by atoms with Crippen LogP contribution in [0.15, 0.2) is 41.5 Å². The van der Waals surface area contributed by atoms with Gasteiger partial charge in [0.05, 0.1) is 12.1 Å². The normalized spacial score (nSPS) is 17.7. The van der Waals surface area contributed by atoms with Crippen LogP contribution in [0.5, 0.6) is 0 Å². The number of carbonyl (C=O) groups excluding carboxylic acids is 2. The molecule has 0 spiro atoms. The van der Waals surface area contributed by atoms with E-state index in [9.17, 15) is 9.59 Å². The van der Waals surface area contributed by atoms with Crippen molar-refractivity contribution < 1.29 is 9.59 Å². The summed E-state index contributed by atoms with van der Waals surface area (Å²) in [6.07, 6.45) is 1.80. The molecule has 2 aromatic rings. The number of benzene rings is 1. The fourth-order valence-corrected chi connectivity index (χ4v) is 3.40. The Hall–Kier alpha value is -2.18.